The molecule has 3 aromatic carbocycles. The van der Waals surface area contributed by atoms with Crippen molar-refractivity contribution in [3.63, 3.8) is 0 Å². The van der Waals surface area contributed by atoms with Crippen LogP contribution >= 0.6 is 39.0 Å². The van der Waals surface area contributed by atoms with Gasteiger partial charge in [-0.05, 0) is 78.8 Å². The lowest BCUT2D eigenvalue weighted by atomic mass is 9.68. The summed E-state index contributed by atoms with van der Waals surface area (Å²) in [6, 6.07) is 16.0. The van der Waals surface area contributed by atoms with Gasteiger partial charge in [0.1, 0.15) is 11.5 Å². The summed E-state index contributed by atoms with van der Waals surface area (Å²) >= 11 is 6.05. The first-order valence-electron chi connectivity index (χ1n) is 15.4. The zero-order valence-corrected chi connectivity index (χ0v) is 28.3. The van der Waals surface area contributed by atoms with E-state index in [1.807, 2.05) is 6.07 Å². The van der Waals surface area contributed by atoms with E-state index in [-0.39, 0.29) is 40.2 Å². The third-order valence-electron chi connectivity index (χ3n) is 9.99. The van der Waals surface area contributed by atoms with Gasteiger partial charge in [0.05, 0.1) is 28.1 Å². The van der Waals surface area contributed by atoms with E-state index in [4.69, 9.17) is 4.74 Å². The van der Waals surface area contributed by atoms with Gasteiger partial charge < -0.3 is 20.1 Å². The summed E-state index contributed by atoms with van der Waals surface area (Å²) < 4.78 is 48.9. The number of alkyl halides is 3. The average Bonchev–Trinajstić information content (AvgIpc) is 3.80. The summed E-state index contributed by atoms with van der Waals surface area (Å²) in [7, 11) is 0. The Bertz CT molecular complexity index is 2090. The smallest absolute Gasteiger partial charge is 0.418 e. The number of nitrogens with one attached hydrogen (secondary N) is 2. The fraction of sp³-hybridized carbons (Fsp3) is 0.294. The van der Waals surface area contributed by atoms with Gasteiger partial charge >= 0.3 is 11.0 Å². The molecule has 7 atom stereocenters. The number of carbonyl (C=O) groups excluding carboxylic acids is 3. The van der Waals surface area contributed by atoms with Crippen molar-refractivity contribution < 1.29 is 37.4 Å². The van der Waals surface area contributed by atoms with E-state index in [9.17, 15) is 37.5 Å². The number of para-hydroxylation sites is 1. The molecular formula is C34H25BrF3N3O6S2. The fourth-order valence-corrected chi connectivity index (χ4v) is 11.5. The van der Waals surface area contributed by atoms with E-state index in [2.05, 4.69) is 26.2 Å². The minimum absolute atomic E-state index is 0.0542. The highest BCUT2D eigenvalue weighted by atomic mass is 79.9. The summed E-state index contributed by atoms with van der Waals surface area (Å²) in [5.41, 5.74) is -0.351. The Morgan fingerprint density at radius 2 is 1.73 bits per heavy atom. The maximum absolute atomic E-state index is 14.1. The second-order valence-corrected chi connectivity index (χ2v) is 15.7. The molecule has 0 spiro atoms. The van der Waals surface area contributed by atoms with Gasteiger partial charge in [0, 0.05) is 31.8 Å². The number of thiazole rings is 1. The standard InChI is InChI=1S/C34H25BrF3N3O6S2/c35-14-5-10-22(47-13-23(43)39-15-6-8-16(42)9-7-15)17(11-14)24-25-18-12-19(28(25)48-30-29(24)49-33(46)40-30)27-26(18)31(44)41(32(27)45)21-4-2-1-3-20(21)34(36,37)38/h1-11,18-19,24-28,42H,12-13H2,(H,39,43)(H,40,46)/t18-,19-,24+,25-,26+,27+,28-/m1/s1. The SMILES string of the molecule is O=C(COc1ccc(Br)cc1[C@@H]1c2sc(=O)[nH]c2S[C@@H]2[C@@H]3C[C@@H]([C@@H]4C(=O)N(c5ccccc5C(F)(F)F)C(=O)[C@@H]34)[C@H]12)Nc1ccc(O)cc1. The summed E-state index contributed by atoms with van der Waals surface area (Å²) in [5.74, 6) is -4.23. The number of phenols is 1. The van der Waals surface area contributed by atoms with Crippen molar-refractivity contribution in [1.29, 1.82) is 0 Å². The minimum Gasteiger partial charge on any atom is -0.508 e. The average molecular weight is 773 g/mol. The molecule has 2 aliphatic carbocycles. The van der Waals surface area contributed by atoms with Crippen LogP contribution in [0.15, 0.2) is 81.0 Å². The number of amides is 3. The molecular weight excluding hydrogens is 747 g/mol. The Labute approximate surface area is 293 Å². The maximum atomic E-state index is 14.1. The molecule has 252 valence electrons. The molecule has 2 aliphatic heterocycles. The summed E-state index contributed by atoms with van der Waals surface area (Å²) in [6.07, 6.45) is -4.22. The molecule has 49 heavy (non-hydrogen) atoms. The van der Waals surface area contributed by atoms with Gasteiger partial charge in [-0.25, -0.2) is 4.90 Å². The van der Waals surface area contributed by atoms with Gasteiger partial charge in [-0.3, -0.25) is 19.2 Å². The molecule has 3 fully saturated rings. The quantitative estimate of drug-likeness (QED) is 0.149. The van der Waals surface area contributed by atoms with Crippen LogP contribution in [-0.2, 0) is 20.6 Å². The van der Waals surface area contributed by atoms with Crippen molar-refractivity contribution in [2.24, 2.45) is 29.6 Å². The number of aromatic hydroxyl groups is 1. The summed E-state index contributed by atoms with van der Waals surface area (Å²) in [5, 5.41) is 12.7. The van der Waals surface area contributed by atoms with E-state index in [1.54, 1.807) is 24.3 Å². The molecule has 0 unspecified atom stereocenters. The van der Waals surface area contributed by atoms with E-state index in [0.717, 1.165) is 33.2 Å². The lowest BCUT2D eigenvalue weighted by Crippen LogP contribution is -2.42. The highest BCUT2D eigenvalue weighted by Gasteiger charge is 2.70. The third-order valence-corrected chi connectivity index (χ3v) is 13.1. The highest BCUT2D eigenvalue weighted by molar-refractivity contribution is 9.10. The number of rotatable bonds is 6. The zero-order chi connectivity index (χ0) is 34.4. The predicted molar refractivity (Wildman–Crippen MR) is 179 cm³/mol. The lowest BCUT2D eigenvalue weighted by molar-refractivity contribution is -0.137. The second kappa shape index (κ2) is 11.8. The number of halogens is 4. The topological polar surface area (TPSA) is 129 Å². The Kier molecular flexibility index (Phi) is 7.72. The molecule has 1 aromatic heterocycles. The number of thioether (sulfide) groups is 1. The van der Waals surface area contributed by atoms with Crippen LogP contribution in [0.3, 0.4) is 0 Å². The molecule has 15 heteroatoms. The maximum Gasteiger partial charge on any atom is 0.418 e. The number of ether oxygens (including phenoxy) is 1. The van der Waals surface area contributed by atoms with E-state index < -0.39 is 52.9 Å². The largest absolute Gasteiger partial charge is 0.508 e. The first-order valence-corrected chi connectivity index (χ1v) is 17.8. The number of hydrogen-bond donors (Lipinski definition) is 3. The molecule has 2 bridgehead atoms. The third kappa shape index (κ3) is 5.28. The molecule has 3 N–H and O–H groups in total. The summed E-state index contributed by atoms with van der Waals surface area (Å²) in [6.45, 7) is -0.349. The highest BCUT2D eigenvalue weighted by Crippen LogP contribution is 2.69. The zero-order valence-electron chi connectivity index (χ0n) is 25.1. The molecule has 3 amide bonds. The van der Waals surface area contributed by atoms with Crippen LogP contribution in [0.1, 0.15) is 28.3 Å². The van der Waals surface area contributed by atoms with Crippen molar-refractivity contribution in [2.45, 2.75) is 28.8 Å². The molecule has 1 saturated heterocycles. The number of hydrogen-bond acceptors (Lipinski definition) is 8. The fourth-order valence-electron chi connectivity index (χ4n) is 8.29. The Balaban J connectivity index is 1.15. The molecule has 4 aliphatic rings. The van der Waals surface area contributed by atoms with Crippen LogP contribution in [-0.4, -0.2) is 39.7 Å². The van der Waals surface area contributed by atoms with Crippen LogP contribution in [0.25, 0.3) is 0 Å². The predicted octanol–water partition coefficient (Wildman–Crippen LogP) is 6.62. The number of aromatic amines is 1. The normalized spacial score (nSPS) is 26.8. The van der Waals surface area contributed by atoms with Gasteiger partial charge in [0.25, 0.3) is 5.91 Å². The van der Waals surface area contributed by atoms with E-state index >= 15 is 0 Å². The van der Waals surface area contributed by atoms with Gasteiger partial charge in [-0.1, -0.05) is 39.4 Å². The molecule has 4 aromatic rings. The second-order valence-electron chi connectivity index (χ2n) is 12.6. The van der Waals surface area contributed by atoms with Crippen LogP contribution in [0.2, 0.25) is 0 Å². The van der Waals surface area contributed by atoms with Gasteiger partial charge in [-0.2, -0.15) is 13.2 Å². The van der Waals surface area contributed by atoms with E-state index in [0.29, 0.717) is 32.9 Å². The number of carbonyl (C=O) groups is 3. The Morgan fingerprint density at radius 1 is 1.02 bits per heavy atom. The number of fused-ring (bicyclic) bond motifs is 9. The van der Waals surface area contributed by atoms with Crippen molar-refractivity contribution in [3.8, 4) is 11.5 Å². The summed E-state index contributed by atoms with van der Waals surface area (Å²) in [4.78, 5) is 57.8. The van der Waals surface area contributed by atoms with Crippen molar-refractivity contribution in [3.05, 3.63) is 96.9 Å². The van der Waals surface area contributed by atoms with Crippen LogP contribution in [0, 0.1) is 29.6 Å². The Morgan fingerprint density at radius 3 is 2.47 bits per heavy atom. The molecule has 3 heterocycles. The number of nitrogens with zero attached hydrogens (tertiary/aromatic N) is 1. The van der Waals surface area contributed by atoms with Crippen LogP contribution < -0.4 is 19.8 Å². The monoisotopic (exact) mass is 771 g/mol. The van der Waals surface area contributed by atoms with Gasteiger partial charge in [0.15, 0.2) is 6.61 Å². The number of aromatic nitrogens is 1. The number of H-pyrrole nitrogens is 1. The minimum atomic E-state index is -4.76. The van der Waals surface area contributed by atoms with Crippen molar-refractivity contribution in [2.75, 3.05) is 16.8 Å². The lowest BCUT2D eigenvalue weighted by Gasteiger charge is -2.43. The van der Waals surface area contributed by atoms with Gasteiger partial charge in [-0.15, -0.1) is 11.8 Å². The van der Waals surface area contributed by atoms with Crippen LogP contribution in [0.4, 0.5) is 24.5 Å². The number of anilines is 2. The first kappa shape index (κ1) is 32.1. The molecule has 9 nitrogen and oxygen atoms in total. The first-order chi connectivity index (χ1) is 23.4. The number of benzene rings is 3. The molecule has 8 rings (SSSR count). The Hall–Kier alpha value is -4.08. The van der Waals surface area contributed by atoms with Crippen molar-refractivity contribution in [1.82, 2.24) is 4.98 Å². The number of phenolic OH excluding ortho intramolecular Hbond substituents is 1. The number of imide groups is 1. The van der Waals surface area contributed by atoms with Gasteiger partial charge in [0.2, 0.25) is 11.8 Å². The van der Waals surface area contributed by atoms with E-state index in [1.165, 1.54) is 36.0 Å². The van der Waals surface area contributed by atoms with Crippen LogP contribution in [0.5, 0.6) is 11.5 Å². The molecule has 2 saturated carbocycles. The molecule has 0 radical (unpaired) electrons. The van der Waals surface area contributed by atoms with Crippen molar-refractivity contribution >= 4 is 68.1 Å².